The first-order valence-electron chi connectivity index (χ1n) is 9.12. The SMILES string of the molecule is COc1ccc(Cc2nnc(SCC(=O)N3c4ccccc4CC3C)o2)cc1. The van der Waals surface area contributed by atoms with E-state index < -0.39 is 0 Å². The van der Waals surface area contributed by atoms with Crippen LogP contribution in [0.4, 0.5) is 5.69 Å². The third-order valence-electron chi connectivity index (χ3n) is 4.76. The van der Waals surface area contributed by atoms with Crippen LogP contribution in [-0.4, -0.2) is 35.0 Å². The smallest absolute Gasteiger partial charge is 0.277 e. The third kappa shape index (κ3) is 3.89. The molecule has 0 N–H and O–H groups in total. The van der Waals surface area contributed by atoms with E-state index in [4.69, 9.17) is 9.15 Å². The quantitative estimate of drug-likeness (QED) is 0.592. The van der Waals surface area contributed by atoms with Crippen molar-refractivity contribution in [2.75, 3.05) is 17.8 Å². The highest BCUT2D eigenvalue weighted by Crippen LogP contribution is 2.32. The van der Waals surface area contributed by atoms with Crippen molar-refractivity contribution in [3.8, 4) is 5.75 Å². The number of nitrogens with zero attached hydrogens (tertiary/aromatic N) is 3. The topological polar surface area (TPSA) is 68.5 Å². The molecule has 0 saturated carbocycles. The molecule has 1 aromatic heterocycles. The van der Waals surface area contributed by atoms with Crippen LogP contribution in [0.5, 0.6) is 5.75 Å². The van der Waals surface area contributed by atoms with Crippen LogP contribution in [0, 0.1) is 0 Å². The summed E-state index contributed by atoms with van der Waals surface area (Å²) in [6.45, 7) is 2.07. The highest BCUT2D eigenvalue weighted by molar-refractivity contribution is 7.99. The molecule has 0 bridgehead atoms. The molecule has 1 aliphatic heterocycles. The number of aromatic nitrogens is 2. The average molecular weight is 395 g/mol. The number of amides is 1. The largest absolute Gasteiger partial charge is 0.497 e. The second kappa shape index (κ2) is 8.06. The summed E-state index contributed by atoms with van der Waals surface area (Å²) < 4.78 is 10.9. The molecule has 7 heteroatoms. The summed E-state index contributed by atoms with van der Waals surface area (Å²) >= 11 is 1.28. The Kier molecular flexibility index (Phi) is 5.34. The van der Waals surface area contributed by atoms with Gasteiger partial charge < -0.3 is 14.1 Å². The maximum atomic E-state index is 12.8. The molecule has 1 unspecified atom stereocenters. The molecule has 0 spiro atoms. The summed E-state index contributed by atoms with van der Waals surface area (Å²) in [6, 6.07) is 15.9. The second-order valence-corrected chi connectivity index (χ2v) is 7.65. The molecule has 2 aromatic carbocycles. The summed E-state index contributed by atoms with van der Waals surface area (Å²) in [6.07, 6.45) is 1.43. The zero-order valence-corrected chi connectivity index (χ0v) is 16.6. The number of thioether (sulfide) groups is 1. The van der Waals surface area contributed by atoms with Gasteiger partial charge in [-0.05, 0) is 42.7 Å². The van der Waals surface area contributed by atoms with Gasteiger partial charge in [0.15, 0.2) is 0 Å². The van der Waals surface area contributed by atoms with Gasteiger partial charge in [0.05, 0.1) is 19.3 Å². The van der Waals surface area contributed by atoms with Crippen LogP contribution in [0.2, 0.25) is 0 Å². The Hall–Kier alpha value is -2.80. The zero-order chi connectivity index (χ0) is 19.5. The second-order valence-electron chi connectivity index (χ2n) is 6.72. The van der Waals surface area contributed by atoms with Crippen LogP contribution in [0.3, 0.4) is 0 Å². The Balaban J connectivity index is 1.36. The van der Waals surface area contributed by atoms with Gasteiger partial charge >= 0.3 is 0 Å². The Morgan fingerprint density at radius 1 is 1.21 bits per heavy atom. The fourth-order valence-corrected chi connectivity index (χ4v) is 4.06. The zero-order valence-electron chi connectivity index (χ0n) is 15.8. The molecule has 6 nitrogen and oxygen atoms in total. The van der Waals surface area contributed by atoms with Crippen molar-refractivity contribution in [3.05, 3.63) is 65.5 Å². The number of benzene rings is 2. The standard InChI is InChI=1S/C21H21N3O3S/c1-14-11-16-5-3-4-6-18(16)24(14)20(25)13-28-21-23-22-19(27-21)12-15-7-9-17(26-2)10-8-15/h3-10,14H,11-13H2,1-2H3. The lowest BCUT2D eigenvalue weighted by Gasteiger charge is -2.22. The first kappa shape index (κ1) is 18.6. The first-order chi connectivity index (χ1) is 13.6. The Labute approximate surface area is 167 Å². The fourth-order valence-electron chi connectivity index (χ4n) is 3.42. The van der Waals surface area contributed by atoms with E-state index in [-0.39, 0.29) is 17.7 Å². The highest BCUT2D eigenvalue weighted by atomic mass is 32.2. The van der Waals surface area contributed by atoms with E-state index in [9.17, 15) is 4.79 Å². The van der Waals surface area contributed by atoms with E-state index in [0.29, 0.717) is 17.5 Å². The first-order valence-corrected chi connectivity index (χ1v) is 10.1. The number of carbonyl (C=O) groups excluding carboxylic acids is 1. The average Bonchev–Trinajstić information content (AvgIpc) is 3.29. The molecule has 0 saturated heterocycles. The summed E-state index contributed by atoms with van der Waals surface area (Å²) in [7, 11) is 1.64. The number of para-hydroxylation sites is 1. The molecule has 1 atom stereocenters. The predicted octanol–water partition coefficient (Wildman–Crippen LogP) is 3.74. The molecule has 0 aliphatic carbocycles. The molecular formula is C21H21N3O3S. The normalized spacial score (nSPS) is 15.5. The van der Waals surface area contributed by atoms with E-state index in [2.05, 4.69) is 23.2 Å². The van der Waals surface area contributed by atoms with Crippen molar-refractivity contribution in [1.29, 1.82) is 0 Å². The van der Waals surface area contributed by atoms with Crippen LogP contribution < -0.4 is 9.64 Å². The molecule has 0 fully saturated rings. The maximum absolute atomic E-state index is 12.8. The molecule has 28 heavy (non-hydrogen) atoms. The minimum atomic E-state index is 0.0531. The molecule has 1 aliphatic rings. The fraction of sp³-hybridized carbons (Fsp3) is 0.286. The number of anilines is 1. The minimum absolute atomic E-state index is 0.0531. The maximum Gasteiger partial charge on any atom is 0.277 e. The van der Waals surface area contributed by atoms with Gasteiger partial charge in [0.25, 0.3) is 5.22 Å². The van der Waals surface area contributed by atoms with Crippen molar-refractivity contribution in [2.45, 2.75) is 31.0 Å². The van der Waals surface area contributed by atoms with E-state index >= 15 is 0 Å². The predicted molar refractivity (Wildman–Crippen MR) is 108 cm³/mol. The Bertz CT molecular complexity index is 971. The molecule has 1 amide bonds. The van der Waals surface area contributed by atoms with Crippen LogP contribution in [-0.2, 0) is 17.6 Å². The number of hydrogen-bond acceptors (Lipinski definition) is 6. The summed E-state index contributed by atoms with van der Waals surface area (Å²) in [5.41, 5.74) is 3.28. The van der Waals surface area contributed by atoms with Crippen molar-refractivity contribution in [1.82, 2.24) is 10.2 Å². The van der Waals surface area contributed by atoms with Crippen molar-refractivity contribution >= 4 is 23.4 Å². The van der Waals surface area contributed by atoms with Crippen LogP contribution in [0.15, 0.2) is 58.2 Å². The molecular weight excluding hydrogens is 374 g/mol. The van der Waals surface area contributed by atoms with Gasteiger partial charge in [-0.15, -0.1) is 10.2 Å². The number of rotatable bonds is 6. The van der Waals surface area contributed by atoms with E-state index in [1.165, 1.54) is 17.3 Å². The lowest BCUT2D eigenvalue weighted by atomic mass is 10.1. The van der Waals surface area contributed by atoms with Gasteiger partial charge in [-0.25, -0.2) is 0 Å². The molecule has 4 rings (SSSR count). The highest BCUT2D eigenvalue weighted by Gasteiger charge is 2.30. The van der Waals surface area contributed by atoms with Gasteiger partial charge in [-0.1, -0.05) is 42.1 Å². The van der Waals surface area contributed by atoms with Gasteiger partial charge in [0.2, 0.25) is 11.8 Å². The van der Waals surface area contributed by atoms with Gasteiger partial charge in [0.1, 0.15) is 5.75 Å². The molecule has 2 heterocycles. The minimum Gasteiger partial charge on any atom is -0.497 e. The Morgan fingerprint density at radius 2 is 2.00 bits per heavy atom. The van der Waals surface area contributed by atoms with Gasteiger partial charge in [0, 0.05) is 11.7 Å². The number of methoxy groups -OCH3 is 1. The lowest BCUT2D eigenvalue weighted by Crippen LogP contribution is -2.36. The van der Waals surface area contributed by atoms with Crippen LogP contribution in [0.1, 0.15) is 23.9 Å². The van der Waals surface area contributed by atoms with Crippen LogP contribution >= 0.6 is 11.8 Å². The number of hydrogen-bond donors (Lipinski definition) is 0. The lowest BCUT2D eigenvalue weighted by molar-refractivity contribution is -0.116. The Morgan fingerprint density at radius 3 is 2.79 bits per heavy atom. The number of carbonyl (C=O) groups is 1. The summed E-state index contributed by atoms with van der Waals surface area (Å²) in [5, 5.41) is 8.56. The molecule has 3 aromatic rings. The monoisotopic (exact) mass is 395 g/mol. The van der Waals surface area contributed by atoms with Crippen molar-refractivity contribution < 1.29 is 13.9 Å². The summed E-state index contributed by atoms with van der Waals surface area (Å²) in [5.74, 6) is 1.65. The number of fused-ring (bicyclic) bond motifs is 1. The summed E-state index contributed by atoms with van der Waals surface area (Å²) in [4.78, 5) is 14.6. The van der Waals surface area contributed by atoms with E-state index in [1.54, 1.807) is 7.11 Å². The van der Waals surface area contributed by atoms with Crippen LogP contribution in [0.25, 0.3) is 0 Å². The molecule has 144 valence electrons. The van der Waals surface area contributed by atoms with Crippen molar-refractivity contribution in [2.24, 2.45) is 0 Å². The van der Waals surface area contributed by atoms with E-state index in [0.717, 1.165) is 23.4 Å². The third-order valence-corrected chi connectivity index (χ3v) is 5.56. The number of ether oxygens (including phenoxy) is 1. The van der Waals surface area contributed by atoms with Gasteiger partial charge in [-0.2, -0.15) is 0 Å². The van der Waals surface area contributed by atoms with E-state index in [1.807, 2.05) is 47.4 Å². The van der Waals surface area contributed by atoms with Gasteiger partial charge in [-0.3, -0.25) is 4.79 Å². The molecule has 0 radical (unpaired) electrons. The van der Waals surface area contributed by atoms with Crippen molar-refractivity contribution in [3.63, 3.8) is 0 Å².